The Kier molecular flexibility index (Phi) is 4.61. The van der Waals surface area contributed by atoms with Crippen molar-refractivity contribution in [3.8, 4) is 0 Å². The van der Waals surface area contributed by atoms with Crippen LogP contribution in [0.4, 0.5) is 5.69 Å². The van der Waals surface area contributed by atoms with Crippen LogP contribution >= 0.6 is 11.3 Å². The molecule has 1 amide bonds. The largest absolute Gasteiger partial charge is 0.322 e. The van der Waals surface area contributed by atoms with Gasteiger partial charge in [0.25, 0.3) is 5.91 Å². The van der Waals surface area contributed by atoms with Crippen LogP contribution in [0.2, 0.25) is 0 Å². The molecule has 0 radical (unpaired) electrons. The highest BCUT2D eigenvalue weighted by molar-refractivity contribution is 7.18. The molecule has 0 bridgehead atoms. The zero-order valence-electron chi connectivity index (χ0n) is 16.0. The molecule has 1 aliphatic heterocycles. The van der Waals surface area contributed by atoms with E-state index < -0.39 is 0 Å². The second kappa shape index (κ2) is 7.26. The molecule has 1 aliphatic carbocycles. The lowest BCUT2D eigenvalue weighted by Crippen LogP contribution is -2.29. The van der Waals surface area contributed by atoms with Crippen molar-refractivity contribution in [2.45, 2.75) is 37.5 Å². The summed E-state index contributed by atoms with van der Waals surface area (Å²) >= 11 is 1.79. The number of piperidine rings is 1. The van der Waals surface area contributed by atoms with Gasteiger partial charge in [-0.3, -0.25) is 9.78 Å². The summed E-state index contributed by atoms with van der Waals surface area (Å²) in [5.74, 6) is 1.03. The fourth-order valence-corrected chi connectivity index (χ4v) is 4.93. The molecule has 144 valence electrons. The van der Waals surface area contributed by atoms with Crippen molar-refractivity contribution in [3.05, 3.63) is 52.8 Å². The Morgan fingerprint density at radius 1 is 1.11 bits per heavy atom. The van der Waals surface area contributed by atoms with E-state index in [0.29, 0.717) is 17.4 Å². The molecule has 6 heteroatoms. The summed E-state index contributed by atoms with van der Waals surface area (Å²) in [6, 6.07) is 9.85. The lowest BCUT2D eigenvalue weighted by molar-refractivity contribution is 0.102. The van der Waals surface area contributed by atoms with Crippen LogP contribution in [0.15, 0.2) is 36.5 Å². The predicted octanol–water partition coefficient (Wildman–Crippen LogP) is 4.63. The summed E-state index contributed by atoms with van der Waals surface area (Å²) in [6.45, 7) is 2.27. The maximum atomic E-state index is 12.6. The summed E-state index contributed by atoms with van der Waals surface area (Å²) in [7, 11) is 2.18. The first-order chi connectivity index (χ1) is 13.7. The van der Waals surface area contributed by atoms with E-state index in [-0.39, 0.29) is 5.91 Å². The van der Waals surface area contributed by atoms with Gasteiger partial charge in [-0.15, -0.1) is 11.3 Å². The normalized spacial score (nSPS) is 18.5. The first kappa shape index (κ1) is 17.8. The van der Waals surface area contributed by atoms with E-state index in [1.807, 2.05) is 24.3 Å². The maximum absolute atomic E-state index is 12.6. The standard InChI is InChI=1S/C22H24N4OS/c1-26-10-8-15(9-11-26)22-25-19-12-17(5-7-20(19)28-22)24-21(27)16-4-6-18(23-13-16)14-2-3-14/h4-7,12-15H,2-3,8-11H2,1H3,(H,24,27). The molecule has 2 aromatic heterocycles. The number of aromatic nitrogens is 2. The van der Waals surface area contributed by atoms with Crippen molar-refractivity contribution < 1.29 is 4.79 Å². The van der Waals surface area contributed by atoms with Crippen LogP contribution < -0.4 is 5.32 Å². The van der Waals surface area contributed by atoms with Crippen molar-refractivity contribution >= 4 is 33.1 Å². The van der Waals surface area contributed by atoms with E-state index in [4.69, 9.17) is 4.98 Å². The summed E-state index contributed by atoms with van der Waals surface area (Å²) in [5, 5.41) is 4.22. The monoisotopic (exact) mass is 392 g/mol. The van der Waals surface area contributed by atoms with Gasteiger partial charge in [-0.1, -0.05) is 0 Å². The van der Waals surface area contributed by atoms with Gasteiger partial charge in [0.15, 0.2) is 0 Å². The van der Waals surface area contributed by atoms with Crippen LogP contribution in [0.5, 0.6) is 0 Å². The molecule has 1 aromatic carbocycles. The number of pyridine rings is 1. The number of carbonyl (C=O) groups is 1. The van der Waals surface area contributed by atoms with Gasteiger partial charge in [-0.25, -0.2) is 4.98 Å². The number of benzene rings is 1. The van der Waals surface area contributed by atoms with E-state index in [2.05, 4.69) is 28.3 Å². The second-order valence-corrected chi connectivity index (χ2v) is 9.07. The number of anilines is 1. The van der Waals surface area contributed by atoms with Gasteiger partial charge in [-0.05, 0) is 76.2 Å². The number of amides is 1. The maximum Gasteiger partial charge on any atom is 0.257 e. The number of nitrogens with one attached hydrogen (secondary N) is 1. The highest BCUT2D eigenvalue weighted by atomic mass is 32.1. The second-order valence-electron chi connectivity index (χ2n) is 8.01. The quantitative estimate of drug-likeness (QED) is 0.703. The highest BCUT2D eigenvalue weighted by Gasteiger charge is 2.25. The molecule has 0 atom stereocenters. The highest BCUT2D eigenvalue weighted by Crippen LogP contribution is 2.38. The molecule has 1 saturated carbocycles. The number of likely N-dealkylation sites (tertiary alicyclic amines) is 1. The van der Waals surface area contributed by atoms with Crippen LogP contribution in [0, 0.1) is 0 Å². The van der Waals surface area contributed by atoms with Gasteiger partial charge in [0.1, 0.15) is 0 Å². The minimum Gasteiger partial charge on any atom is -0.322 e. The molecule has 1 saturated heterocycles. The molecule has 0 unspecified atom stereocenters. The molecule has 2 aliphatic rings. The van der Waals surface area contributed by atoms with Crippen molar-refractivity contribution in [3.63, 3.8) is 0 Å². The number of nitrogens with zero attached hydrogens (tertiary/aromatic N) is 3. The molecule has 5 nitrogen and oxygen atoms in total. The third-order valence-electron chi connectivity index (χ3n) is 5.77. The van der Waals surface area contributed by atoms with Crippen LogP contribution in [-0.2, 0) is 0 Å². The number of fused-ring (bicyclic) bond motifs is 1. The number of carbonyl (C=O) groups excluding carboxylic acids is 1. The Hall–Kier alpha value is -2.31. The number of hydrogen-bond donors (Lipinski definition) is 1. The van der Waals surface area contributed by atoms with E-state index >= 15 is 0 Å². The summed E-state index contributed by atoms with van der Waals surface area (Å²) < 4.78 is 1.18. The Morgan fingerprint density at radius 2 is 1.93 bits per heavy atom. The zero-order valence-corrected chi connectivity index (χ0v) is 16.8. The van der Waals surface area contributed by atoms with E-state index in [0.717, 1.165) is 30.0 Å². The summed E-state index contributed by atoms with van der Waals surface area (Å²) in [5.41, 5.74) is 3.44. The van der Waals surface area contributed by atoms with Gasteiger partial charge in [-0.2, -0.15) is 0 Å². The van der Waals surface area contributed by atoms with Crippen molar-refractivity contribution in [1.82, 2.24) is 14.9 Å². The van der Waals surface area contributed by atoms with Gasteiger partial charge >= 0.3 is 0 Å². The smallest absolute Gasteiger partial charge is 0.257 e. The Bertz CT molecular complexity index is 1000. The average Bonchev–Trinajstić information content (AvgIpc) is 3.48. The Balaban J connectivity index is 1.31. The lowest BCUT2D eigenvalue weighted by atomic mass is 9.98. The molecule has 2 fully saturated rings. The minimum absolute atomic E-state index is 0.125. The van der Waals surface area contributed by atoms with Crippen LogP contribution in [0.1, 0.15) is 58.6 Å². The molecular weight excluding hydrogens is 368 g/mol. The lowest BCUT2D eigenvalue weighted by Gasteiger charge is -2.27. The first-order valence-electron chi connectivity index (χ1n) is 10.0. The van der Waals surface area contributed by atoms with Gasteiger partial charge in [0, 0.05) is 29.4 Å². The molecule has 5 rings (SSSR count). The third kappa shape index (κ3) is 3.66. The predicted molar refractivity (Wildman–Crippen MR) is 113 cm³/mol. The van der Waals surface area contributed by atoms with Crippen LogP contribution in [0.3, 0.4) is 0 Å². The summed E-state index contributed by atoms with van der Waals surface area (Å²) in [6.07, 6.45) is 6.45. The molecular formula is C22H24N4OS. The van der Waals surface area contributed by atoms with Gasteiger partial charge in [0.2, 0.25) is 0 Å². The number of rotatable bonds is 4. The number of thiazole rings is 1. The van der Waals surface area contributed by atoms with Gasteiger partial charge < -0.3 is 10.2 Å². The minimum atomic E-state index is -0.125. The van der Waals surface area contributed by atoms with Crippen molar-refractivity contribution in [1.29, 1.82) is 0 Å². The SMILES string of the molecule is CN1CCC(c2nc3cc(NC(=O)c4ccc(C5CC5)nc4)ccc3s2)CC1. The topological polar surface area (TPSA) is 58.1 Å². The van der Waals surface area contributed by atoms with E-state index in [1.165, 1.54) is 35.4 Å². The number of hydrogen-bond acceptors (Lipinski definition) is 5. The Labute approximate surface area is 168 Å². The first-order valence-corrected chi connectivity index (χ1v) is 10.8. The van der Waals surface area contributed by atoms with Gasteiger partial charge in [0.05, 0.1) is 20.8 Å². The van der Waals surface area contributed by atoms with E-state index in [9.17, 15) is 4.79 Å². The zero-order chi connectivity index (χ0) is 19.1. The average molecular weight is 393 g/mol. The van der Waals surface area contributed by atoms with Crippen molar-refractivity contribution in [2.24, 2.45) is 0 Å². The fourth-order valence-electron chi connectivity index (χ4n) is 3.82. The van der Waals surface area contributed by atoms with Crippen molar-refractivity contribution in [2.75, 3.05) is 25.5 Å². The molecule has 28 heavy (non-hydrogen) atoms. The van der Waals surface area contributed by atoms with E-state index in [1.54, 1.807) is 17.5 Å². The molecule has 1 N–H and O–H groups in total. The molecule has 0 spiro atoms. The molecule has 3 aromatic rings. The Morgan fingerprint density at radius 3 is 2.64 bits per heavy atom. The fraction of sp³-hybridized carbons (Fsp3) is 0.409. The van der Waals surface area contributed by atoms with Crippen LogP contribution in [0.25, 0.3) is 10.2 Å². The third-order valence-corrected chi connectivity index (χ3v) is 6.97. The van der Waals surface area contributed by atoms with Crippen LogP contribution in [-0.4, -0.2) is 40.9 Å². The summed E-state index contributed by atoms with van der Waals surface area (Å²) in [4.78, 5) is 24.3. The molecule has 3 heterocycles.